The monoisotopic (exact) mass is 399 g/mol. The van der Waals surface area contributed by atoms with Gasteiger partial charge in [0.25, 0.3) is 10.0 Å². The van der Waals surface area contributed by atoms with Crippen molar-refractivity contribution in [1.29, 1.82) is 0 Å². The van der Waals surface area contributed by atoms with Gasteiger partial charge in [0.2, 0.25) is 0 Å². The van der Waals surface area contributed by atoms with E-state index in [4.69, 9.17) is 4.74 Å². The molecule has 1 aliphatic rings. The zero-order chi connectivity index (χ0) is 19.7. The van der Waals surface area contributed by atoms with Crippen LogP contribution in [-0.4, -0.2) is 50.6 Å². The summed E-state index contributed by atoms with van der Waals surface area (Å²) in [7, 11) is -2.06. The lowest BCUT2D eigenvalue weighted by molar-refractivity contribution is 0.186. The SMILES string of the molecule is COc1ccc2c(c1)c(C(C)N1CCNCC1)cn2S(=O)(=O)c1ccccc1. The van der Waals surface area contributed by atoms with Gasteiger partial charge < -0.3 is 10.1 Å². The maximum atomic E-state index is 13.3. The fourth-order valence-corrected chi connectivity index (χ4v) is 5.23. The molecule has 0 aliphatic carbocycles. The van der Waals surface area contributed by atoms with Gasteiger partial charge in [-0.25, -0.2) is 12.4 Å². The molecule has 1 aliphatic heterocycles. The zero-order valence-corrected chi connectivity index (χ0v) is 16.9. The Morgan fingerprint density at radius 2 is 1.79 bits per heavy atom. The molecule has 7 heteroatoms. The van der Waals surface area contributed by atoms with Gasteiger partial charge in [-0.05, 0) is 42.8 Å². The minimum atomic E-state index is -3.68. The molecule has 148 valence electrons. The van der Waals surface area contributed by atoms with E-state index in [-0.39, 0.29) is 10.9 Å². The Labute approximate surface area is 165 Å². The Balaban J connectivity index is 1.88. The van der Waals surface area contributed by atoms with E-state index in [9.17, 15) is 8.42 Å². The first-order valence-corrected chi connectivity index (χ1v) is 10.9. The van der Waals surface area contributed by atoms with Gasteiger partial charge in [-0.1, -0.05) is 18.2 Å². The van der Waals surface area contributed by atoms with Crippen LogP contribution in [0.4, 0.5) is 0 Å². The van der Waals surface area contributed by atoms with Crippen molar-refractivity contribution in [3.8, 4) is 5.75 Å². The normalized spacial score (nSPS) is 16.9. The van der Waals surface area contributed by atoms with E-state index in [1.807, 2.05) is 18.2 Å². The first-order valence-electron chi connectivity index (χ1n) is 9.47. The third-order valence-corrected chi connectivity index (χ3v) is 7.15. The Morgan fingerprint density at radius 3 is 2.46 bits per heavy atom. The lowest BCUT2D eigenvalue weighted by Gasteiger charge is -2.32. The summed E-state index contributed by atoms with van der Waals surface area (Å²) in [5, 5.41) is 4.27. The number of hydrogen-bond acceptors (Lipinski definition) is 5. The number of benzene rings is 2. The summed E-state index contributed by atoms with van der Waals surface area (Å²) >= 11 is 0. The molecule has 2 heterocycles. The highest BCUT2D eigenvalue weighted by atomic mass is 32.2. The fourth-order valence-electron chi connectivity index (χ4n) is 3.83. The summed E-state index contributed by atoms with van der Waals surface area (Å²) in [5.74, 6) is 0.719. The van der Waals surface area contributed by atoms with Gasteiger partial charge in [0.05, 0.1) is 17.5 Å². The Hall–Kier alpha value is -2.35. The molecule has 1 fully saturated rings. The minimum Gasteiger partial charge on any atom is -0.497 e. The predicted molar refractivity (Wildman–Crippen MR) is 110 cm³/mol. The molecule has 28 heavy (non-hydrogen) atoms. The average Bonchev–Trinajstić information content (AvgIpc) is 3.14. The second-order valence-electron chi connectivity index (χ2n) is 7.04. The summed E-state index contributed by atoms with van der Waals surface area (Å²) in [6.45, 7) is 5.88. The highest BCUT2D eigenvalue weighted by molar-refractivity contribution is 7.90. The molecule has 1 unspecified atom stereocenters. The second-order valence-corrected chi connectivity index (χ2v) is 8.86. The van der Waals surface area contributed by atoms with Crippen LogP contribution in [0.15, 0.2) is 59.6 Å². The van der Waals surface area contributed by atoms with Crippen LogP contribution in [0.25, 0.3) is 10.9 Å². The molecule has 4 rings (SSSR count). The number of nitrogens with zero attached hydrogens (tertiary/aromatic N) is 2. The minimum absolute atomic E-state index is 0.101. The Bertz CT molecular complexity index is 1070. The van der Waals surface area contributed by atoms with Gasteiger partial charge in [-0.3, -0.25) is 4.90 Å². The van der Waals surface area contributed by atoms with Gasteiger partial charge in [-0.15, -0.1) is 0 Å². The van der Waals surface area contributed by atoms with E-state index in [0.717, 1.165) is 42.9 Å². The molecule has 0 bridgehead atoms. The first-order chi connectivity index (χ1) is 13.5. The van der Waals surface area contributed by atoms with Crippen LogP contribution >= 0.6 is 0 Å². The molecule has 6 nitrogen and oxygen atoms in total. The lowest BCUT2D eigenvalue weighted by Crippen LogP contribution is -2.44. The highest BCUT2D eigenvalue weighted by Crippen LogP contribution is 2.34. The number of hydrogen-bond donors (Lipinski definition) is 1. The molecule has 1 saturated heterocycles. The Morgan fingerprint density at radius 1 is 1.07 bits per heavy atom. The van der Waals surface area contributed by atoms with E-state index in [1.54, 1.807) is 43.6 Å². The molecular weight excluding hydrogens is 374 g/mol. The summed E-state index contributed by atoms with van der Waals surface area (Å²) in [6.07, 6.45) is 1.78. The van der Waals surface area contributed by atoms with Crippen LogP contribution in [-0.2, 0) is 10.0 Å². The van der Waals surface area contributed by atoms with Gasteiger partial charge in [-0.2, -0.15) is 0 Å². The summed E-state index contributed by atoms with van der Waals surface area (Å²) in [6, 6.07) is 14.2. The van der Waals surface area contributed by atoms with Crippen molar-refractivity contribution in [2.24, 2.45) is 0 Å². The molecule has 0 saturated carbocycles. The lowest BCUT2D eigenvalue weighted by atomic mass is 10.0. The van der Waals surface area contributed by atoms with Crippen molar-refractivity contribution in [3.05, 3.63) is 60.3 Å². The fraction of sp³-hybridized carbons (Fsp3) is 0.333. The first kappa shape index (κ1) is 19.0. The van der Waals surface area contributed by atoms with E-state index >= 15 is 0 Å². The molecule has 1 N–H and O–H groups in total. The van der Waals surface area contributed by atoms with E-state index < -0.39 is 10.0 Å². The van der Waals surface area contributed by atoms with Crippen LogP contribution < -0.4 is 10.1 Å². The van der Waals surface area contributed by atoms with Crippen molar-refractivity contribution >= 4 is 20.9 Å². The van der Waals surface area contributed by atoms with Crippen molar-refractivity contribution < 1.29 is 13.2 Å². The van der Waals surface area contributed by atoms with Gasteiger partial charge in [0.1, 0.15) is 5.75 Å². The number of nitrogens with one attached hydrogen (secondary N) is 1. The van der Waals surface area contributed by atoms with Gasteiger partial charge in [0.15, 0.2) is 0 Å². The number of fused-ring (bicyclic) bond motifs is 1. The molecule has 0 amide bonds. The number of piperazine rings is 1. The number of rotatable bonds is 5. The van der Waals surface area contributed by atoms with Crippen LogP contribution in [0.1, 0.15) is 18.5 Å². The van der Waals surface area contributed by atoms with Crippen molar-refractivity contribution in [2.75, 3.05) is 33.3 Å². The summed E-state index contributed by atoms with van der Waals surface area (Å²) in [4.78, 5) is 2.66. The molecule has 1 atom stereocenters. The van der Waals surface area contributed by atoms with Crippen LogP contribution in [0.2, 0.25) is 0 Å². The van der Waals surface area contributed by atoms with Crippen molar-refractivity contribution in [1.82, 2.24) is 14.2 Å². The third-order valence-electron chi connectivity index (χ3n) is 5.46. The number of methoxy groups -OCH3 is 1. The van der Waals surface area contributed by atoms with Crippen molar-refractivity contribution in [2.45, 2.75) is 17.9 Å². The second kappa shape index (κ2) is 7.58. The summed E-state index contributed by atoms with van der Waals surface area (Å²) < 4.78 is 33.5. The molecule has 0 radical (unpaired) electrons. The van der Waals surface area contributed by atoms with Crippen molar-refractivity contribution in [3.63, 3.8) is 0 Å². The largest absolute Gasteiger partial charge is 0.497 e. The smallest absolute Gasteiger partial charge is 0.268 e. The highest BCUT2D eigenvalue weighted by Gasteiger charge is 2.26. The molecule has 1 aromatic heterocycles. The average molecular weight is 400 g/mol. The van der Waals surface area contributed by atoms with E-state index in [0.29, 0.717) is 5.52 Å². The van der Waals surface area contributed by atoms with Crippen LogP contribution in [0, 0.1) is 0 Å². The van der Waals surface area contributed by atoms with E-state index in [2.05, 4.69) is 17.1 Å². The van der Waals surface area contributed by atoms with Crippen LogP contribution in [0.3, 0.4) is 0 Å². The van der Waals surface area contributed by atoms with Gasteiger partial charge in [0, 0.05) is 43.8 Å². The van der Waals surface area contributed by atoms with E-state index in [1.165, 1.54) is 3.97 Å². The quantitative estimate of drug-likeness (QED) is 0.715. The van der Waals surface area contributed by atoms with Crippen LogP contribution in [0.5, 0.6) is 5.75 Å². The topological polar surface area (TPSA) is 63.6 Å². The molecule has 2 aromatic carbocycles. The zero-order valence-electron chi connectivity index (χ0n) is 16.1. The Kier molecular flexibility index (Phi) is 5.14. The molecular formula is C21H25N3O3S. The number of aromatic nitrogens is 1. The third kappa shape index (κ3) is 3.30. The standard InChI is InChI=1S/C21H25N3O3S/c1-16(23-12-10-22-11-13-23)20-15-24(21-9-8-17(27-2)14-19(20)21)28(25,26)18-6-4-3-5-7-18/h3-9,14-16,22H,10-13H2,1-2H3. The molecule has 0 spiro atoms. The number of ether oxygens (including phenoxy) is 1. The predicted octanol–water partition coefficient (Wildman–Crippen LogP) is 2.85. The molecule has 3 aromatic rings. The summed E-state index contributed by atoms with van der Waals surface area (Å²) in [5.41, 5.74) is 1.66. The maximum absolute atomic E-state index is 13.3. The van der Waals surface area contributed by atoms with Gasteiger partial charge >= 0.3 is 0 Å². The maximum Gasteiger partial charge on any atom is 0.268 e.